The Labute approximate surface area is 146 Å². The molecule has 0 saturated heterocycles. The lowest BCUT2D eigenvalue weighted by molar-refractivity contribution is -0.127. The fourth-order valence-electron chi connectivity index (χ4n) is 2.17. The van der Waals surface area contributed by atoms with Gasteiger partial charge in [0.05, 0.1) is 12.9 Å². The predicted molar refractivity (Wildman–Crippen MR) is 97.1 cm³/mol. The summed E-state index contributed by atoms with van der Waals surface area (Å²) < 4.78 is 5.32. The molecule has 5 heteroatoms. The number of carbonyl (C=O) groups excluding carboxylic acids is 1. The van der Waals surface area contributed by atoms with Crippen LogP contribution in [0.1, 0.15) is 11.1 Å². The van der Waals surface area contributed by atoms with Crippen LogP contribution in [0, 0.1) is 0 Å². The Hall–Kier alpha value is -1.65. The van der Waals surface area contributed by atoms with E-state index in [1.54, 1.807) is 23.8 Å². The second-order valence-corrected chi connectivity index (χ2v) is 6.61. The summed E-state index contributed by atoms with van der Waals surface area (Å²) in [6.45, 7) is 0.542. The van der Waals surface area contributed by atoms with Gasteiger partial charge in [-0.05, 0) is 23.8 Å². The molecule has 0 aliphatic rings. The molecule has 0 saturated carbocycles. The summed E-state index contributed by atoms with van der Waals surface area (Å²) in [5.74, 6) is 2.12. The van der Waals surface area contributed by atoms with Gasteiger partial charge in [0, 0.05) is 29.9 Å². The second kappa shape index (κ2) is 8.85. The first-order chi connectivity index (χ1) is 11.1. The Balaban J connectivity index is 1.83. The van der Waals surface area contributed by atoms with Crippen LogP contribution in [0.15, 0.2) is 48.5 Å². The lowest BCUT2D eigenvalue weighted by Gasteiger charge is -2.18. The molecule has 0 aromatic heterocycles. The summed E-state index contributed by atoms with van der Waals surface area (Å²) in [5.41, 5.74) is 2.13. The minimum absolute atomic E-state index is 0.0999. The van der Waals surface area contributed by atoms with Crippen LogP contribution in [-0.2, 0) is 17.1 Å². The van der Waals surface area contributed by atoms with Gasteiger partial charge in [-0.25, -0.2) is 0 Å². The number of ether oxygens (including phenoxy) is 1. The largest absolute Gasteiger partial charge is 0.496 e. The molecule has 0 aliphatic heterocycles. The SMILES string of the molecule is COc1ccccc1CN(C)C(=O)CSCc1cccc(Cl)c1. The Kier molecular flexibility index (Phi) is 6.81. The van der Waals surface area contributed by atoms with Crippen LogP contribution in [0.25, 0.3) is 0 Å². The standard InChI is InChI=1S/C18H20ClNO2S/c1-20(11-15-7-3-4-9-17(15)22-2)18(21)13-23-12-14-6-5-8-16(19)10-14/h3-10H,11-13H2,1-2H3. The third-order valence-electron chi connectivity index (χ3n) is 3.41. The molecule has 23 heavy (non-hydrogen) atoms. The van der Waals surface area contributed by atoms with Crippen LogP contribution in [-0.4, -0.2) is 30.7 Å². The zero-order valence-electron chi connectivity index (χ0n) is 13.3. The van der Waals surface area contributed by atoms with Crippen LogP contribution in [0.4, 0.5) is 0 Å². The number of nitrogens with zero attached hydrogens (tertiary/aromatic N) is 1. The predicted octanol–water partition coefficient (Wildman–Crippen LogP) is 4.24. The van der Waals surface area contributed by atoms with Crippen molar-refractivity contribution in [3.05, 3.63) is 64.7 Å². The number of hydrogen-bond donors (Lipinski definition) is 0. The number of rotatable bonds is 7. The quantitative estimate of drug-likeness (QED) is 0.748. The fraction of sp³-hybridized carbons (Fsp3) is 0.278. The minimum atomic E-state index is 0.0999. The number of thioether (sulfide) groups is 1. The molecule has 3 nitrogen and oxygen atoms in total. The van der Waals surface area contributed by atoms with E-state index in [0.717, 1.165) is 27.7 Å². The first-order valence-corrected chi connectivity index (χ1v) is 8.81. The lowest BCUT2D eigenvalue weighted by Crippen LogP contribution is -2.28. The number of methoxy groups -OCH3 is 1. The molecule has 0 atom stereocenters. The van der Waals surface area contributed by atoms with Crippen molar-refractivity contribution in [2.45, 2.75) is 12.3 Å². The highest BCUT2D eigenvalue weighted by Crippen LogP contribution is 2.20. The molecular weight excluding hydrogens is 330 g/mol. The third-order valence-corrected chi connectivity index (χ3v) is 4.63. The van der Waals surface area contributed by atoms with Gasteiger partial charge in [0.25, 0.3) is 0 Å². The molecule has 1 amide bonds. The molecule has 2 rings (SSSR count). The second-order valence-electron chi connectivity index (χ2n) is 5.18. The van der Waals surface area contributed by atoms with E-state index in [-0.39, 0.29) is 5.91 Å². The van der Waals surface area contributed by atoms with Crippen molar-refractivity contribution in [2.75, 3.05) is 19.9 Å². The Bertz CT molecular complexity index is 663. The molecule has 0 fully saturated rings. The van der Waals surface area contributed by atoms with Crippen molar-refractivity contribution < 1.29 is 9.53 Å². The van der Waals surface area contributed by atoms with E-state index in [1.807, 2.05) is 55.6 Å². The number of benzene rings is 2. The van der Waals surface area contributed by atoms with Crippen LogP contribution in [0.5, 0.6) is 5.75 Å². The number of halogens is 1. The van der Waals surface area contributed by atoms with Gasteiger partial charge in [-0.2, -0.15) is 0 Å². The van der Waals surface area contributed by atoms with Gasteiger partial charge in [0.1, 0.15) is 5.75 Å². The van der Waals surface area contributed by atoms with E-state index in [2.05, 4.69) is 0 Å². The molecule has 2 aromatic carbocycles. The van der Waals surface area contributed by atoms with Gasteiger partial charge >= 0.3 is 0 Å². The van der Waals surface area contributed by atoms with Gasteiger partial charge < -0.3 is 9.64 Å². The molecule has 0 radical (unpaired) electrons. The molecule has 0 heterocycles. The maximum atomic E-state index is 12.2. The zero-order chi connectivity index (χ0) is 16.7. The topological polar surface area (TPSA) is 29.5 Å². The van der Waals surface area contributed by atoms with Gasteiger partial charge in [-0.15, -0.1) is 11.8 Å². The van der Waals surface area contributed by atoms with Crippen molar-refractivity contribution in [3.8, 4) is 5.75 Å². The first-order valence-electron chi connectivity index (χ1n) is 7.28. The van der Waals surface area contributed by atoms with Gasteiger partial charge in [0.15, 0.2) is 0 Å². The van der Waals surface area contributed by atoms with Crippen molar-refractivity contribution in [1.82, 2.24) is 4.90 Å². The summed E-state index contributed by atoms with van der Waals surface area (Å²) in [5, 5.41) is 0.725. The molecule has 2 aromatic rings. The molecule has 0 unspecified atom stereocenters. The van der Waals surface area contributed by atoms with Crippen molar-refractivity contribution in [2.24, 2.45) is 0 Å². The fourth-order valence-corrected chi connectivity index (χ4v) is 3.30. The molecular formula is C18H20ClNO2S. The van der Waals surface area contributed by atoms with Crippen LogP contribution in [0.2, 0.25) is 5.02 Å². The molecule has 0 N–H and O–H groups in total. The average molecular weight is 350 g/mol. The molecule has 0 bridgehead atoms. The van der Waals surface area contributed by atoms with Crippen LogP contribution >= 0.6 is 23.4 Å². The van der Waals surface area contributed by atoms with E-state index >= 15 is 0 Å². The summed E-state index contributed by atoms with van der Waals surface area (Å²) in [7, 11) is 3.45. The van der Waals surface area contributed by atoms with E-state index in [9.17, 15) is 4.79 Å². The van der Waals surface area contributed by atoms with E-state index in [1.165, 1.54) is 0 Å². The highest BCUT2D eigenvalue weighted by Gasteiger charge is 2.12. The van der Waals surface area contributed by atoms with Crippen molar-refractivity contribution in [3.63, 3.8) is 0 Å². The minimum Gasteiger partial charge on any atom is -0.496 e. The Morgan fingerprint density at radius 3 is 2.74 bits per heavy atom. The molecule has 0 spiro atoms. The van der Waals surface area contributed by atoms with Crippen LogP contribution in [0.3, 0.4) is 0 Å². The van der Waals surface area contributed by atoms with E-state index in [4.69, 9.17) is 16.3 Å². The van der Waals surface area contributed by atoms with Gasteiger partial charge in [0.2, 0.25) is 5.91 Å². The van der Waals surface area contributed by atoms with Gasteiger partial charge in [-0.1, -0.05) is 41.9 Å². The Morgan fingerprint density at radius 2 is 2.00 bits per heavy atom. The summed E-state index contributed by atoms with van der Waals surface area (Å²) in [4.78, 5) is 14.0. The average Bonchev–Trinajstić information content (AvgIpc) is 2.55. The smallest absolute Gasteiger partial charge is 0.232 e. The zero-order valence-corrected chi connectivity index (χ0v) is 14.9. The normalized spacial score (nSPS) is 10.4. The summed E-state index contributed by atoms with van der Waals surface area (Å²) in [6.07, 6.45) is 0. The first kappa shape index (κ1) is 17.7. The van der Waals surface area contributed by atoms with Crippen molar-refractivity contribution >= 4 is 29.3 Å². The van der Waals surface area contributed by atoms with Crippen LogP contribution < -0.4 is 4.74 Å². The highest BCUT2D eigenvalue weighted by atomic mass is 35.5. The maximum absolute atomic E-state index is 12.2. The molecule has 122 valence electrons. The lowest BCUT2D eigenvalue weighted by atomic mass is 10.2. The maximum Gasteiger partial charge on any atom is 0.232 e. The summed E-state index contributed by atoms with van der Waals surface area (Å²) >= 11 is 7.55. The number of para-hydroxylation sites is 1. The number of amides is 1. The summed E-state index contributed by atoms with van der Waals surface area (Å²) in [6, 6.07) is 15.5. The molecule has 0 aliphatic carbocycles. The third kappa shape index (κ3) is 5.48. The number of carbonyl (C=O) groups is 1. The highest BCUT2D eigenvalue weighted by molar-refractivity contribution is 7.99. The Morgan fingerprint density at radius 1 is 1.22 bits per heavy atom. The van der Waals surface area contributed by atoms with Crippen molar-refractivity contribution in [1.29, 1.82) is 0 Å². The van der Waals surface area contributed by atoms with E-state index in [0.29, 0.717) is 12.3 Å². The number of hydrogen-bond acceptors (Lipinski definition) is 3. The van der Waals surface area contributed by atoms with Gasteiger partial charge in [-0.3, -0.25) is 4.79 Å². The van der Waals surface area contributed by atoms with E-state index < -0.39 is 0 Å². The monoisotopic (exact) mass is 349 g/mol.